The molecular formula is C31H35F2N5O5Y-2. The summed E-state index contributed by atoms with van der Waals surface area (Å²) in [7, 11) is 0. The van der Waals surface area contributed by atoms with Crippen LogP contribution in [0.25, 0.3) is 11.5 Å². The zero-order valence-electron chi connectivity index (χ0n) is 25.0. The van der Waals surface area contributed by atoms with Crippen LogP contribution in [-0.2, 0) is 48.2 Å². The molecule has 2 amide bonds. The van der Waals surface area contributed by atoms with Crippen LogP contribution in [0.5, 0.6) is 17.2 Å². The molecule has 0 bridgehead atoms. The van der Waals surface area contributed by atoms with Gasteiger partial charge in [0.05, 0.1) is 13.1 Å². The number of ether oxygens (including phenoxy) is 3. The summed E-state index contributed by atoms with van der Waals surface area (Å²) >= 11 is 0. The quantitative estimate of drug-likeness (QED) is 0.265. The summed E-state index contributed by atoms with van der Waals surface area (Å²) in [6.07, 6.45) is 2.80. The molecule has 0 atom stereocenters. The maximum Gasteiger partial charge on any atom is 0.410 e. The number of pyridine rings is 1. The van der Waals surface area contributed by atoms with Gasteiger partial charge in [0.2, 0.25) is 5.91 Å². The van der Waals surface area contributed by atoms with Crippen LogP contribution < -0.4 is 14.8 Å². The third kappa shape index (κ3) is 10.9. The monoisotopic (exact) mass is 684 g/mol. The van der Waals surface area contributed by atoms with Crippen molar-refractivity contribution in [2.75, 3.05) is 18.4 Å². The average molecular weight is 685 g/mol. The van der Waals surface area contributed by atoms with E-state index in [4.69, 9.17) is 25.7 Å². The second-order valence-corrected chi connectivity index (χ2v) is 11.5. The van der Waals surface area contributed by atoms with E-state index in [1.54, 1.807) is 63.4 Å². The molecule has 1 radical (unpaired) electrons. The number of carbonyl (C=O) groups excluding carboxylic acids is 2. The number of nitrogens with one attached hydrogen (secondary N) is 3. The first-order valence-electron chi connectivity index (χ1n) is 13.8. The molecular weight excluding hydrogens is 649 g/mol. The number of nitrogens with zero attached hydrogens (tertiary/aromatic N) is 2. The number of anilines is 1. The Morgan fingerprint density at radius 1 is 0.909 bits per heavy atom. The maximum absolute atomic E-state index is 13.4. The SMILES string of the molecule is CC(C)(C)OC(=O)N1CC(Oc2cc([NH-])cc(C(C)(F)F)c2)C1.[NH-]c1ccc(Oc2ccnc(NC(=O)C3CC3)c2)cc1.[Y]. The summed E-state index contributed by atoms with van der Waals surface area (Å²) < 4.78 is 43.2. The predicted octanol–water partition coefficient (Wildman–Crippen LogP) is 8.38. The number of hydrogen-bond acceptors (Lipinski definition) is 6. The van der Waals surface area contributed by atoms with E-state index in [0.717, 1.165) is 25.8 Å². The van der Waals surface area contributed by atoms with Gasteiger partial charge in [0.25, 0.3) is 5.92 Å². The first kappa shape index (κ1) is 35.0. The van der Waals surface area contributed by atoms with Gasteiger partial charge in [-0.1, -0.05) is 18.2 Å². The van der Waals surface area contributed by atoms with E-state index in [1.807, 2.05) is 0 Å². The molecule has 3 N–H and O–H groups in total. The molecule has 233 valence electrons. The van der Waals surface area contributed by atoms with Crippen LogP contribution in [0.15, 0.2) is 60.8 Å². The Labute approximate surface area is 280 Å². The van der Waals surface area contributed by atoms with Crippen LogP contribution >= 0.6 is 0 Å². The number of benzene rings is 2. The Balaban J connectivity index is 0.000000237. The Morgan fingerprint density at radius 2 is 1.57 bits per heavy atom. The average Bonchev–Trinajstić information content (AvgIpc) is 3.72. The molecule has 0 spiro atoms. The molecule has 2 aliphatic rings. The summed E-state index contributed by atoms with van der Waals surface area (Å²) in [6, 6.07) is 13.9. The molecule has 3 aromatic rings. The molecule has 2 fully saturated rings. The van der Waals surface area contributed by atoms with Gasteiger partial charge in [0.15, 0.2) is 0 Å². The van der Waals surface area contributed by atoms with Crippen molar-refractivity contribution < 1.29 is 65.3 Å². The molecule has 5 rings (SSSR count). The smallest absolute Gasteiger partial charge is 0.410 e. The van der Waals surface area contributed by atoms with Gasteiger partial charge in [-0.05, 0) is 63.9 Å². The standard InChI is InChI=1S/C16H21F2N2O3.C15H14N3O2.Y/c1-15(2,3)23-14(21)20-8-13(9-20)22-12-6-10(16(4,17)18)5-11(19)7-12;16-11-3-5-12(6-4-11)20-13-7-8-17-14(9-13)18-15(19)10-1-2-10;/h5-7,13,19H,8-9H2,1-4H3;3-10,16H,1-2H2,(H,17,18,19);/q2*-1;. The summed E-state index contributed by atoms with van der Waals surface area (Å²) in [6.45, 7) is 6.78. The van der Waals surface area contributed by atoms with Gasteiger partial charge >= 0.3 is 6.09 Å². The van der Waals surface area contributed by atoms with Crippen LogP contribution in [0.3, 0.4) is 0 Å². The van der Waals surface area contributed by atoms with Gasteiger partial charge in [-0.15, -0.1) is 11.4 Å². The van der Waals surface area contributed by atoms with Crippen LogP contribution in [0, 0.1) is 5.92 Å². The maximum atomic E-state index is 13.4. The molecule has 1 aliphatic carbocycles. The van der Waals surface area contributed by atoms with Gasteiger partial charge in [-0.2, -0.15) is 0 Å². The minimum absolute atomic E-state index is 0. The largest absolute Gasteiger partial charge is 0.699 e. The number of rotatable bonds is 7. The molecule has 44 heavy (non-hydrogen) atoms. The van der Waals surface area contributed by atoms with Crippen LogP contribution in [-0.4, -0.2) is 46.7 Å². The van der Waals surface area contributed by atoms with Gasteiger partial charge < -0.3 is 35.9 Å². The minimum atomic E-state index is -3.03. The Hall–Kier alpha value is -3.51. The molecule has 1 saturated carbocycles. The van der Waals surface area contributed by atoms with Crippen LogP contribution in [0.2, 0.25) is 0 Å². The van der Waals surface area contributed by atoms with Crippen molar-refractivity contribution in [3.8, 4) is 17.2 Å². The van der Waals surface area contributed by atoms with E-state index in [0.29, 0.717) is 36.1 Å². The molecule has 1 aliphatic heterocycles. The van der Waals surface area contributed by atoms with Crippen molar-refractivity contribution in [1.29, 1.82) is 0 Å². The second kappa shape index (κ2) is 14.5. The minimum Gasteiger partial charge on any atom is -0.699 e. The zero-order valence-corrected chi connectivity index (χ0v) is 27.9. The number of hydrogen-bond donors (Lipinski definition) is 1. The van der Waals surface area contributed by atoms with Gasteiger partial charge in [-0.25, -0.2) is 18.6 Å². The third-order valence-corrected chi connectivity index (χ3v) is 6.24. The number of likely N-dealkylation sites (tertiary alicyclic amines) is 1. The van der Waals surface area contributed by atoms with Gasteiger partial charge in [-0.3, -0.25) is 4.79 Å². The Bertz CT molecular complexity index is 1440. The Morgan fingerprint density at radius 3 is 2.16 bits per heavy atom. The molecule has 13 heteroatoms. The summed E-state index contributed by atoms with van der Waals surface area (Å²) in [4.78, 5) is 29.1. The van der Waals surface area contributed by atoms with Crippen LogP contribution in [0.4, 0.5) is 30.8 Å². The van der Waals surface area contributed by atoms with Crippen molar-refractivity contribution in [3.05, 3.63) is 77.8 Å². The van der Waals surface area contributed by atoms with Gasteiger partial charge in [0.1, 0.15) is 34.8 Å². The fourth-order valence-electron chi connectivity index (χ4n) is 3.88. The summed E-state index contributed by atoms with van der Waals surface area (Å²) in [5, 5.41) is 2.78. The van der Waals surface area contributed by atoms with E-state index in [9.17, 15) is 18.4 Å². The van der Waals surface area contributed by atoms with E-state index < -0.39 is 17.6 Å². The first-order valence-corrected chi connectivity index (χ1v) is 13.8. The number of amides is 2. The molecule has 1 saturated heterocycles. The van der Waals surface area contributed by atoms with E-state index in [2.05, 4.69) is 10.3 Å². The van der Waals surface area contributed by atoms with Crippen molar-refractivity contribution in [1.82, 2.24) is 9.88 Å². The topological polar surface area (TPSA) is 138 Å². The fraction of sp³-hybridized carbons (Fsp3) is 0.387. The summed E-state index contributed by atoms with van der Waals surface area (Å²) in [5.41, 5.74) is 14.6. The molecule has 1 aromatic heterocycles. The second-order valence-electron chi connectivity index (χ2n) is 11.5. The molecule has 0 unspecified atom stereocenters. The molecule has 2 aromatic carbocycles. The van der Waals surface area contributed by atoms with Crippen molar-refractivity contribution in [3.63, 3.8) is 0 Å². The third-order valence-electron chi connectivity index (χ3n) is 6.24. The van der Waals surface area contributed by atoms with Gasteiger partial charge in [0, 0.05) is 63.4 Å². The number of carbonyl (C=O) groups is 2. The van der Waals surface area contributed by atoms with Crippen molar-refractivity contribution in [2.24, 2.45) is 5.92 Å². The van der Waals surface area contributed by atoms with E-state index in [1.165, 1.54) is 17.0 Å². The zero-order chi connectivity index (χ0) is 31.4. The Kier molecular flexibility index (Phi) is 11.5. The first-order chi connectivity index (χ1) is 20.1. The summed E-state index contributed by atoms with van der Waals surface area (Å²) in [5.74, 6) is -0.911. The van der Waals surface area contributed by atoms with Crippen LogP contribution in [0.1, 0.15) is 46.1 Å². The van der Waals surface area contributed by atoms with E-state index in [-0.39, 0.29) is 67.6 Å². The normalized spacial score (nSPS) is 14.6. The fourth-order valence-corrected chi connectivity index (χ4v) is 3.88. The van der Waals surface area contributed by atoms with Crippen molar-refractivity contribution >= 4 is 29.2 Å². The van der Waals surface area contributed by atoms with E-state index >= 15 is 0 Å². The van der Waals surface area contributed by atoms with Crippen molar-refractivity contribution in [2.45, 2.75) is 58.2 Å². The number of alkyl halides is 2. The number of halogens is 2. The molecule has 10 nitrogen and oxygen atoms in total. The number of aromatic nitrogens is 1. The predicted molar refractivity (Wildman–Crippen MR) is 158 cm³/mol. The molecule has 2 heterocycles.